The Morgan fingerprint density at radius 1 is 1.19 bits per heavy atom. The van der Waals surface area contributed by atoms with Crippen LogP contribution in [0.5, 0.6) is 0 Å². The molecule has 0 aliphatic rings. The Hall–Kier alpha value is -2.61. The lowest BCUT2D eigenvalue weighted by molar-refractivity contribution is -0.113. The molecule has 0 atom stereocenters. The number of anilines is 1. The highest BCUT2D eigenvalue weighted by Crippen LogP contribution is 2.32. The number of carbonyl (C=O) groups excluding carboxylic acids is 1. The molecular formula is C23H20ClN3O2S2. The third-order valence-electron chi connectivity index (χ3n) is 4.82. The number of aryl methyl sites for hydroxylation is 2. The standard InChI is InChI=1S/C23H20ClN3O2S2/c1-13-9-14(2)20(17(24)10-13)25-19(28)12-30-23-26-21-16(22(29)27(23)3)11-18(31-21)15-7-5-4-6-8-15/h4-11H,12H2,1-3H3,(H,25,28). The molecule has 0 saturated carbocycles. The predicted octanol–water partition coefficient (Wildman–Crippen LogP) is 5.66. The topological polar surface area (TPSA) is 64.0 Å². The molecule has 1 amide bonds. The Kier molecular flexibility index (Phi) is 6.18. The highest BCUT2D eigenvalue weighted by Gasteiger charge is 2.15. The summed E-state index contributed by atoms with van der Waals surface area (Å²) in [6.45, 7) is 3.86. The molecule has 158 valence electrons. The van der Waals surface area contributed by atoms with Gasteiger partial charge in [0.05, 0.1) is 21.8 Å². The van der Waals surface area contributed by atoms with E-state index in [1.807, 2.05) is 62.4 Å². The third kappa shape index (κ3) is 4.54. The van der Waals surface area contributed by atoms with E-state index in [4.69, 9.17) is 11.6 Å². The fourth-order valence-corrected chi connectivity index (χ4v) is 5.52. The summed E-state index contributed by atoms with van der Waals surface area (Å²) in [6.07, 6.45) is 0. The van der Waals surface area contributed by atoms with E-state index >= 15 is 0 Å². The van der Waals surface area contributed by atoms with Crippen LogP contribution in [0.15, 0.2) is 58.5 Å². The molecule has 4 aromatic rings. The van der Waals surface area contributed by atoms with Crippen molar-refractivity contribution in [1.29, 1.82) is 0 Å². The Labute approximate surface area is 193 Å². The highest BCUT2D eigenvalue weighted by atomic mass is 35.5. The van der Waals surface area contributed by atoms with Gasteiger partial charge in [-0.25, -0.2) is 4.98 Å². The number of halogens is 1. The smallest absolute Gasteiger partial charge is 0.262 e. The van der Waals surface area contributed by atoms with Crippen molar-refractivity contribution in [3.05, 3.63) is 75.0 Å². The lowest BCUT2D eigenvalue weighted by Crippen LogP contribution is -2.21. The van der Waals surface area contributed by atoms with Crippen LogP contribution in [0.1, 0.15) is 11.1 Å². The Balaban J connectivity index is 1.55. The van der Waals surface area contributed by atoms with Gasteiger partial charge in [-0.1, -0.05) is 59.8 Å². The number of rotatable bonds is 5. The van der Waals surface area contributed by atoms with Crippen LogP contribution in [0.2, 0.25) is 5.02 Å². The Morgan fingerprint density at radius 2 is 1.94 bits per heavy atom. The minimum Gasteiger partial charge on any atom is -0.324 e. The largest absolute Gasteiger partial charge is 0.324 e. The number of hydrogen-bond acceptors (Lipinski definition) is 5. The molecule has 0 aliphatic heterocycles. The summed E-state index contributed by atoms with van der Waals surface area (Å²) in [5.41, 5.74) is 3.48. The van der Waals surface area contributed by atoms with E-state index in [9.17, 15) is 9.59 Å². The van der Waals surface area contributed by atoms with Gasteiger partial charge in [0, 0.05) is 11.9 Å². The van der Waals surface area contributed by atoms with Crippen LogP contribution in [0.25, 0.3) is 20.7 Å². The summed E-state index contributed by atoms with van der Waals surface area (Å²) < 4.78 is 1.49. The van der Waals surface area contributed by atoms with Gasteiger partial charge in [-0.05, 0) is 42.7 Å². The van der Waals surface area contributed by atoms with Crippen LogP contribution in [-0.2, 0) is 11.8 Å². The first-order valence-corrected chi connectivity index (χ1v) is 11.8. The zero-order chi connectivity index (χ0) is 22.1. The van der Waals surface area contributed by atoms with E-state index < -0.39 is 0 Å². The van der Waals surface area contributed by atoms with Crippen LogP contribution in [0.4, 0.5) is 5.69 Å². The molecule has 4 rings (SSSR count). The summed E-state index contributed by atoms with van der Waals surface area (Å²) in [5.74, 6) is -0.0869. The van der Waals surface area contributed by atoms with Crippen LogP contribution in [0.3, 0.4) is 0 Å². The van der Waals surface area contributed by atoms with Crippen LogP contribution >= 0.6 is 34.7 Å². The first kappa shape index (κ1) is 21.6. The van der Waals surface area contributed by atoms with E-state index in [0.29, 0.717) is 26.1 Å². The number of fused-ring (bicyclic) bond motifs is 1. The average molecular weight is 470 g/mol. The molecule has 5 nitrogen and oxygen atoms in total. The van der Waals surface area contributed by atoms with Gasteiger partial charge < -0.3 is 5.32 Å². The number of amides is 1. The fourth-order valence-electron chi connectivity index (χ4n) is 3.30. The summed E-state index contributed by atoms with van der Waals surface area (Å²) in [7, 11) is 1.68. The SMILES string of the molecule is Cc1cc(C)c(NC(=O)CSc2nc3sc(-c4ccccc4)cc3c(=O)n2C)c(Cl)c1. The van der Waals surface area contributed by atoms with Crippen molar-refractivity contribution in [2.75, 3.05) is 11.1 Å². The number of hydrogen-bond donors (Lipinski definition) is 1. The maximum Gasteiger partial charge on any atom is 0.262 e. The lowest BCUT2D eigenvalue weighted by atomic mass is 10.1. The Bertz CT molecular complexity index is 1320. The van der Waals surface area contributed by atoms with Crippen molar-refractivity contribution in [2.45, 2.75) is 19.0 Å². The quantitative estimate of drug-likeness (QED) is 0.302. The maximum atomic E-state index is 12.8. The molecular weight excluding hydrogens is 450 g/mol. The van der Waals surface area contributed by atoms with Crippen LogP contribution < -0.4 is 10.9 Å². The number of benzene rings is 2. The van der Waals surface area contributed by atoms with Gasteiger partial charge in [0.2, 0.25) is 5.91 Å². The molecule has 0 saturated heterocycles. The van der Waals surface area contributed by atoms with Crippen LogP contribution in [-0.4, -0.2) is 21.2 Å². The van der Waals surface area contributed by atoms with Gasteiger partial charge in [-0.15, -0.1) is 11.3 Å². The van der Waals surface area contributed by atoms with Crippen molar-refractivity contribution in [3.63, 3.8) is 0 Å². The maximum absolute atomic E-state index is 12.8. The van der Waals surface area contributed by atoms with Gasteiger partial charge in [0.25, 0.3) is 5.56 Å². The molecule has 2 aromatic heterocycles. The zero-order valence-corrected chi connectivity index (χ0v) is 19.6. The van der Waals surface area contributed by atoms with Crippen molar-refractivity contribution in [2.24, 2.45) is 7.05 Å². The second-order valence-corrected chi connectivity index (χ2v) is 9.61. The third-order valence-corrected chi connectivity index (χ3v) is 7.22. The lowest BCUT2D eigenvalue weighted by Gasteiger charge is -2.12. The number of nitrogens with zero attached hydrogens (tertiary/aromatic N) is 2. The van der Waals surface area contributed by atoms with Gasteiger partial charge in [-0.3, -0.25) is 14.2 Å². The predicted molar refractivity (Wildman–Crippen MR) is 131 cm³/mol. The van der Waals surface area contributed by atoms with Crippen molar-refractivity contribution >= 4 is 56.5 Å². The fraction of sp³-hybridized carbons (Fsp3) is 0.174. The molecule has 0 fully saturated rings. The first-order chi connectivity index (χ1) is 14.8. The van der Waals surface area contributed by atoms with Gasteiger partial charge in [0.15, 0.2) is 5.16 Å². The molecule has 0 aliphatic carbocycles. The summed E-state index contributed by atoms with van der Waals surface area (Å²) in [4.78, 5) is 31.7. The average Bonchev–Trinajstić information content (AvgIpc) is 3.17. The molecule has 2 heterocycles. The van der Waals surface area contributed by atoms with Gasteiger partial charge in [-0.2, -0.15) is 0 Å². The van der Waals surface area contributed by atoms with E-state index in [1.165, 1.54) is 27.7 Å². The molecule has 1 N–H and O–H groups in total. The van der Waals surface area contributed by atoms with E-state index in [2.05, 4.69) is 10.3 Å². The minimum absolute atomic E-state index is 0.117. The summed E-state index contributed by atoms with van der Waals surface area (Å²) in [5, 5.41) is 4.46. The van der Waals surface area contributed by atoms with Crippen molar-refractivity contribution < 1.29 is 4.79 Å². The Morgan fingerprint density at radius 3 is 2.65 bits per heavy atom. The molecule has 8 heteroatoms. The molecule has 0 bridgehead atoms. The second-order valence-electron chi connectivity index (χ2n) is 7.23. The number of aromatic nitrogens is 2. The van der Waals surface area contributed by atoms with Gasteiger partial charge >= 0.3 is 0 Å². The zero-order valence-electron chi connectivity index (χ0n) is 17.2. The van der Waals surface area contributed by atoms with Crippen molar-refractivity contribution in [1.82, 2.24) is 9.55 Å². The summed E-state index contributed by atoms with van der Waals surface area (Å²) >= 11 is 8.98. The van der Waals surface area contributed by atoms with Crippen molar-refractivity contribution in [3.8, 4) is 10.4 Å². The molecule has 0 radical (unpaired) electrons. The molecule has 2 aromatic carbocycles. The highest BCUT2D eigenvalue weighted by molar-refractivity contribution is 7.99. The number of carbonyl (C=O) groups is 1. The first-order valence-electron chi connectivity index (χ1n) is 9.59. The molecule has 0 unspecified atom stereocenters. The monoisotopic (exact) mass is 469 g/mol. The van der Waals surface area contributed by atoms with E-state index in [-0.39, 0.29) is 17.2 Å². The minimum atomic E-state index is -0.204. The van der Waals surface area contributed by atoms with Crippen LogP contribution in [0, 0.1) is 13.8 Å². The number of nitrogens with one attached hydrogen (secondary N) is 1. The van der Waals surface area contributed by atoms with Gasteiger partial charge in [0.1, 0.15) is 4.83 Å². The second kappa shape index (κ2) is 8.86. The molecule has 31 heavy (non-hydrogen) atoms. The normalized spacial score (nSPS) is 11.1. The van der Waals surface area contributed by atoms with E-state index in [0.717, 1.165) is 21.6 Å². The number of thioether (sulfide) groups is 1. The number of thiophene rings is 1. The molecule has 0 spiro atoms. The summed E-state index contributed by atoms with van der Waals surface area (Å²) in [6, 6.07) is 15.6. The van der Waals surface area contributed by atoms with E-state index in [1.54, 1.807) is 7.05 Å².